The number of esters is 1. The fourth-order valence-corrected chi connectivity index (χ4v) is 4.71. The maximum Gasteiger partial charge on any atom is 0.344 e. The van der Waals surface area contributed by atoms with Gasteiger partial charge < -0.3 is 23.4 Å². The van der Waals surface area contributed by atoms with Gasteiger partial charge in [0.15, 0.2) is 23.9 Å². The van der Waals surface area contributed by atoms with Crippen LogP contribution in [0.2, 0.25) is 0 Å². The van der Waals surface area contributed by atoms with Crippen LogP contribution in [0.25, 0.3) is 33.5 Å². The monoisotopic (exact) mass is 619 g/mol. The van der Waals surface area contributed by atoms with E-state index >= 15 is 0 Å². The summed E-state index contributed by atoms with van der Waals surface area (Å²) in [7, 11) is 3.05. The number of fused-ring (bicyclic) bond motifs is 2. The SMILES string of the molecule is COc1cc(Br)cc(C=Nn2c(-c3cc4c(OC)cccc4o3)nc3ccccc3c2=O)c1OCC(=O)OC(C)C. The van der Waals surface area contributed by atoms with Gasteiger partial charge in [0, 0.05) is 10.0 Å². The molecular formula is C30H26BrN3O7. The summed E-state index contributed by atoms with van der Waals surface area (Å²) < 4.78 is 29.9. The minimum Gasteiger partial charge on any atom is -0.496 e. The Morgan fingerprint density at radius 3 is 2.59 bits per heavy atom. The first-order chi connectivity index (χ1) is 19.8. The highest BCUT2D eigenvalue weighted by atomic mass is 79.9. The van der Waals surface area contributed by atoms with E-state index in [1.807, 2.05) is 12.1 Å². The zero-order valence-corrected chi connectivity index (χ0v) is 24.3. The largest absolute Gasteiger partial charge is 0.496 e. The normalized spacial score (nSPS) is 11.5. The quantitative estimate of drug-likeness (QED) is 0.150. The molecule has 0 bridgehead atoms. The molecule has 3 aromatic carbocycles. The second-order valence-electron chi connectivity index (χ2n) is 9.15. The summed E-state index contributed by atoms with van der Waals surface area (Å²) in [6, 6.07) is 17.6. The van der Waals surface area contributed by atoms with Gasteiger partial charge in [0.25, 0.3) is 5.56 Å². The number of ether oxygens (including phenoxy) is 4. The molecule has 5 rings (SSSR count). The first-order valence-electron chi connectivity index (χ1n) is 12.6. The lowest BCUT2D eigenvalue weighted by atomic mass is 10.2. The molecule has 0 aliphatic carbocycles. The number of aromatic nitrogens is 2. The van der Waals surface area contributed by atoms with Crippen LogP contribution in [0.3, 0.4) is 0 Å². The van der Waals surface area contributed by atoms with Gasteiger partial charge in [-0.25, -0.2) is 9.78 Å². The van der Waals surface area contributed by atoms with Crippen LogP contribution in [0.5, 0.6) is 17.2 Å². The summed E-state index contributed by atoms with van der Waals surface area (Å²) in [6.45, 7) is 3.16. The number of carbonyl (C=O) groups is 1. The fourth-order valence-electron chi connectivity index (χ4n) is 4.25. The van der Waals surface area contributed by atoms with Crippen LogP contribution in [0.15, 0.2) is 79.4 Å². The maximum atomic E-state index is 13.7. The van der Waals surface area contributed by atoms with Crippen molar-refractivity contribution in [2.75, 3.05) is 20.8 Å². The van der Waals surface area contributed by atoms with Gasteiger partial charge >= 0.3 is 5.97 Å². The summed E-state index contributed by atoms with van der Waals surface area (Å²) in [4.78, 5) is 30.6. The topological polar surface area (TPSA) is 114 Å². The lowest BCUT2D eigenvalue weighted by Gasteiger charge is -2.14. The number of benzene rings is 3. The summed E-state index contributed by atoms with van der Waals surface area (Å²) in [6.07, 6.45) is 1.14. The number of rotatable bonds is 9. The molecule has 0 atom stereocenters. The molecule has 0 amide bonds. The number of furan rings is 1. The van der Waals surface area contributed by atoms with Gasteiger partial charge in [0.05, 0.1) is 42.8 Å². The Morgan fingerprint density at radius 2 is 1.83 bits per heavy atom. The number of hydrogen-bond acceptors (Lipinski definition) is 9. The second kappa shape index (κ2) is 11.8. The van der Waals surface area contributed by atoms with Crippen LogP contribution >= 0.6 is 15.9 Å². The molecule has 0 saturated heterocycles. The molecule has 11 heteroatoms. The standard InChI is InChI=1S/C30H26BrN3O7/c1-17(2)40-27(35)16-39-28-18(12-19(31)13-25(28)38-4)15-32-34-29(33-22-9-6-5-8-20(22)30(34)36)26-14-21-23(37-3)10-7-11-24(21)41-26/h5-15,17H,16H2,1-4H3. The second-order valence-corrected chi connectivity index (χ2v) is 10.1. The van der Waals surface area contributed by atoms with Crippen molar-refractivity contribution in [1.82, 2.24) is 9.66 Å². The van der Waals surface area contributed by atoms with Crippen LogP contribution in [0.4, 0.5) is 0 Å². The van der Waals surface area contributed by atoms with Crippen molar-refractivity contribution < 1.29 is 28.2 Å². The van der Waals surface area contributed by atoms with Crippen molar-refractivity contribution >= 4 is 50.0 Å². The molecule has 0 unspecified atom stereocenters. The molecule has 0 N–H and O–H groups in total. The molecule has 0 spiro atoms. The first-order valence-corrected chi connectivity index (χ1v) is 13.4. The zero-order valence-electron chi connectivity index (χ0n) is 22.7. The van der Waals surface area contributed by atoms with Crippen molar-refractivity contribution in [1.29, 1.82) is 0 Å². The Bertz CT molecular complexity index is 1840. The van der Waals surface area contributed by atoms with Crippen LogP contribution < -0.4 is 19.8 Å². The third-order valence-corrected chi connectivity index (χ3v) is 6.46. The first kappa shape index (κ1) is 27.9. The van der Waals surface area contributed by atoms with Crippen LogP contribution in [0, 0.1) is 0 Å². The van der Waals surface area contributed by atoms with E-state index in [4.69, 9.17) is 28.3 Å². The van der Waals surface area contributed by atoms with Crippen molar-refractivity contribution in [3.63, 3.8) is 0 Å². The minimum absolute atomic E-state index is 0.188. The van der Waals surface area contributed by atoms with Crippen LogP contribution in [0.1, 0.15) is 19.4 Å². The van der Waals surface area contributed by atoms with Crippen LogP contribution in [-0.2, 0) is 9.53 Å². The Labute approximate surface area is 243 Å². The molecule has 2 aromatic heterocycles. The van der Waals surface area contributed by atoms with E-state index in [0.717, 1.165) is 10.1 Å². The van der Waals surface area contributed by atoms with Gasteiger partial charge in [-0.3, -0.25) is 4.79 Å². The molecule has 5 aromatic rings. The van der Waals surface area contributed by atoms with Gasteiger partial charge in [-0.05, 0) is 56.3 Å². The van der Waals surface area contributed by atoms with Crippen molar-refractivity contribution in [3.05, 3.63) is 81.1 Å². The van der Waals surface area contributed by atoms with E-state index in [1.165, 1.54) is 13.3 Å². The summed E-state index contributed by atoms with van der Waals surface area (Å²) >= 11 is 3.46. The third-order valence-electron chi connectivity index (χ3n) is 6.00. The van der Waals surface area contributed by atoms with Crippen molar-refractivity contribution in [2.24, 2.45) is 5.10 Å². The smallest absolute Gasteiger partial charge is 0.344 e. The molecule has 0 radical (unpaired) electrons. The highest BCUT2D eigenvalue weighted by Gasteiger charge is 2.19. The summed E-state index contributed by atoms with van der Waals surface area (Å²) in [5, 5.41) is 5.62. The predicted octanol–water partition coefficient (Wildman–Crippen LogP) is 5.80. The average molecular weight is 620 g/mol. The number of nitrogens with zero attached hydrogens (tertiary/aromatic N) is 3. The van der Waals surface area contributed by atoms with E-state index in [2.05, 4.69) is 21.0 Å². The number of halogens is 1. The zero-order chi connectivity index (χ0) is 29.1. The number of para-hydroxylation sites is 1. The minimum atomic E-state index is -0.537. The fraction of sp³-hybridized carbons (Fsp3) is 0.200. The average Bonchev–Trinajstić information content (AvgIpc) is 3.40. The van der Waals surface area contributed by atoms with E-state index in [-0.39, 0.29) is 24.3 Å². The van der Waals surface area contributed by atoms with E-state index in [1.54, 1.807) is 69.5 Å². The lowest BCUT2D eigenvalue weighted by Crippen LogP contribution is -2.20. The molecule has 0 saturated carbocycles. The Morgan fingerprint density at radius 1 is 1.05 bits per heavy atom. The molecule has 41 heavy (non-hydrogen) atoms. The van der Waals surface area contributed by atoms with Gasteiger partial charge in [-0.1, -0.05) is 34.1 Å². The Kier molecular flexibility index (Phi) is 8.06. The van der Waals surface area contributed by atoms with E-state index in [9.17, 15) is 9.59 Å². The molecule has 210 valence electrons. The van der Waals surface area contributed by atoms with Gasteiger partial charge in [-0.15, -0.1) is 0 Å². The molecule has 0 aliphatic rings. The van der Waals surface area contributed by atoms with Gasteiger partial charge in [-0.2, -0.15) is 9.78 Å². The maximum absolute atomic E-state index is 13.7. The lowest BCUT2D eigenvalue weighted by molar-refractivity contribution is -0.149. The van der Waals surface area contributed by atoms with Crippen LogP contribution in [-0.4, -0.2) is 48.8 Å². The molecular weight excluding hydrogens is 594 g/mol. The highest BCUT2D eigenvalue weighted by Crippen LogP contribution is 2.35. The van der Waals surface area contributed by atoms with Crippen molar-refractivity contribution in [2.45, 2.75) is 20.0 Å². The number of carbonyl (C=O) groups excluding carboxylic acids is 1. The molecule has 10 nitrogen and oxygen atoms in total. The van der Waals surface area contributed by atoms with E-state index < -0.39 is 11.5 Å². The Balaban J connectivity index is 1.65. The molecule has 0 fully saturated rings. The Hall–Kier alpha value is -4.64. The highest BCUT2D eigenvalue weighted by molar-refractivity contribution is 9.10. The number of hydrogen-bond donors (Lipinski definition) is 0. The molecule has 2 heterocycles. The summed E-state index contributed by atoms with van der Waals surface area (Å²) in [5.74, 6) is 1.20. The summed E-state index contributed by atoms with van der Waals surface area (Å²) in [5.41, 5.74) is 1.09. The van der Waals surface area contributed by atoms with Crippen molar-refractivity contribution in [3.8, 4) is 28.8 Å². The predicted molar refractivity (Wildman–Crippen MR) is 158 cm³/mol. The van der Waals surface area contributed by atoms with E-state index in [0.29, 0.717) is 43.8 Å². The van der Waals surface area contributed by atoms with Gasteiger partial charge in [0.2, 0.25) is 5.82 Å². The third kappa shape index (κ3) is 5.80. The molecule has 0 aliphatic heterocycles. The van der Waals surface area contributed by atoms with Gasteiger partial charge in [0.1, 0.15) is 11.3 Å². The number of methoxy groups -OCH3 is 2.